The summed E-state index contributed by atoms with van der Waals surface area (Å²) in [6.45, 7) is 0. The van der Waals surface area contributed by atoms with Gasteiger partial charge in [0.25, 0.3) is 0 Å². The lowest BCUT2D eigenvalue weighted by Crippen LogP contribution is -2.05. The van der Waals surface area contributed by atoms with E-state index in [2.05, 4.69) is 0 Å². The third-order valence-electron chi connectivity index (χ3n) is 3.83. The molecule has 0 aliphatic carbocycles. The third-order valence-corrected chi connectivity index (χ3v) is 3.83. The summed E-state index contributed by atoms with van der Waals surface area (Å²) in [6, 6.07) is 10.6. The van der Waals surface area contributed by atoms with Gasteiger partial charge in [0.15, 0.2) is 23.0 Å². The van der Waals surface area contributed by atoms with E-state index in [1.165, 1.54) is 14.2 Å². The van der Waals surface area contributed by atoms with Crippen LogP contribution >= 0.6 is 0 Å². The van der Waals surface area contributed by atoms with Crippen molar-refractivity contribution in [2.24, 2.45) is 0 Å². The van der Waals surface area contributed by atoms with E-state index in [-0.39, 0.29) is 0 Å². The zero-order valence-electron chi connectivity index (χ0n) is 15.5. The summed E-state index contributed by atoms with van der Waals surface area (Å²) in [5, 5.41) is 0. The Morgan fingerprint density at radius 2 is 1.50 bits per heavy atom. The van der Waals surface area contributed by atoms with Crippen molar-refractivity contribution in [3.8, 4) is 23.0 Å². The zero-order chi connectivity index (χ0) is 19.1. The number of carbonyl (C=O) groups excluding carboxylic acids is 1. The fraction of sp³-hybridized carbons (Fsp3) is 0.250. The molecule has 6 heteroatoms. The molecule has 0 aromatic heterocycles. The Morgan fingerprint density at radius 3 is 2.08 bits per heavy atom. The minimum absolute atomic E-state index is 0.347. The molecule has 0 aliphatic rings. The lowest BCUT2D eigenvalue weighted by Gasteiger charge is -2.13. The summed E-state index contributed by atoms with van der Waals surface area (Å²) < 4.78 is 26.3. The molecule has 0 radical (unpaired) electrons. The van der Waals surface area contributed by atoms with E-state index in [9.17, 15) is 4.79 Å². The van der Waals surface area contributed by atoms with Crippen molar-refractivity contribution < 1.29 is 28.5 Å². The summed E-state index contributed by atoms with van der Waals surface area (Å²) >= 11 is 0. The number of rotatable bonds is 7. The molecule has 0 saturated carbocycles. The topological polar surface area (TPSA) is 63.2 Å². The molecule has 0 amide bonds. The van der Waals surface area contributed by atoms with Crippen molar-refractivity contribution >= 4 is 17.6 Å². The van der Waals surface area contributed by atoms with Crippen LogP contribution in [0.4, 0.5) is 0 Å². The summed E-state index contributed by atoms with van der Waals surface area (Å²) in [6.07, 6.45) is 1.69. The number of para-hydroxylation sites is 1. The number of ether oxygens (including phenoxy) is 5. The normalized spacial score (nSPS) is 10.9. The monoisotopic (exact) mass is 358 g/mol. The number of esters is 1. The summed E-state index contributed by atoms with van der Waals surface area (Å²) in [5.74, 6) is 1.69. The van der Waals surface area contributed by atoms with Crippen LogP contribution in [-0.2, 0) is 9.53 Å². The minimum atomic E-state index is -0.484. The van der Waals surface area contributed by atoms with Gasteiger partial charge in [-0.1, -0.05) is 18.2 Å². The first-order valence-electron chi connectivity index (χ1n) is 7.83. The summed E-state index contributed by atoms with van der Waals surface area (Å²) in [5.41, 5.74) is 1.65. The highest BCUT2D eigenvalue weighted by molar-refractivity contribution is 6.21. The molecule has 0 N–H and O–H groups in total. The second kappa shape index (κ2) is 8.80. The van der Waals surface area contributed by atoms with Crippen LogP contribution in [0.15, 0.2) is 36.4 Å². The Labute approximate surface area is 152 Å². The highest BCUT2D eigenvalue weighted by Crippen LogP contribution is 2.35. The van der Waals surface area contributed by atoms with Crippen LogP contribution in [-0.4, -0.2) is 41.5 Å². The van der Waals surface area contributed by atoms with Gasteiger partial charge in [0.05, 0.1) is 41.1 Å². The van der Waals surface area contributed by atoms with Crippen LogP contribution < -0.4 is 18.9 Å². The molecule has 2 aromatic rings. The predicted octanol–water partition coefficient (Wildman–Crippen LogP) is 3.43. The van der Waals surface area contributed by atoms with Gasteiger partial charge in [-0.2, -0.15) is 0 Å². The molecule has 2 aromatic carbocycles. The van der Waals surface area contributed by atoms with E-state index in [0.29, 0.717) is 39.7 Å². The summed E-state index contributed by atoms with van der Waals surface area (Å²) in [4.78, 5) is 12.4. The molecule has 2 rings (SSSR count). The van der Waals surface area contributed by atoms with Gasteiger partial charge in [0, 0.05) is 5.56 Å². The number of hydrogen-bond donors (Lipinski definition) is 0. The predicted molar refractivity (Wildman–Crippen MR) is 99.0 cm³/mol. The first-order valence-corrected chi connectivity index (χ1v) is 7.83. The molecule has 26 heavy (non-hydrogen) atoms. The highest BCUT2D eigenvalue weighted by Gasteiger charge is 2.17. The van der Waals surface area contributed by atoms with Crippen molar-refractivity contribution in [3.05, 3.63) is 47.5 Å². The second-order valence-electron chi connectivity index (χ2n) is 5.20. The van der Waals surface area contributed by atoms with Gasteiger partial charge in [-0.05, 0) is 29.8 Å². The molecule has 0 saturated heterocycles. The fourth-order valence-electron chi connectivity index (χ4n) is 2.55. The Morgan fingerprint density at radius 1 is 0.808 bits per heavy atom. The third kappa shape index (κ3) is 3.91. The number of benzene rings is 2. The Balaban J connectivity index is 2.63. The van der Waals surface area contributed by atoms with Gasteiger partial charge in [-0.15, -0.1) is 0 Å². The van der Waals surface area contributed by atoms with Crippen molar-refractivity contribution in [1.29, 1.82) is 0 Å². The molecule has 0 bridgehead atoms. The van der Waals surface area contributed by atoms with E-state index < -0.39 is 5.97 Å². The van der Waals surface area contributed by atoms with Crippen LogP contribution in [0.2, 0.25) is 0 Å². The van der Waals surface area contributed by atoms with Gasteiger partial charge < -0.3 is 23.7 Å². The molecule has 0 atom stereocenters. The van der Waals surface area contributed by atoms with Gasteiger partial charge >= 0.3 is 5.97 Å². The fourth-order valence-corrected chi connectivity index (χ4v) is 2.55. The van der Waals surface area contributed by atoms with Crippen molar-refractivity contribution in [2.45, 2.75) is 0 Å². The average molecular weight is 358 g/mol. The molecular formula is C20H22O6. The highest BCUT2D eigenvalue weighted by atomic mass is 16.5. The number of methoxy groups -OCH3 is 5. The lowest BCUT2D eigenvalue weighted by atomic mass is 10.0. The Bertz CT molecular complexity index is 810. The average Bonchev–Trinajstić information content (AvgIpc) is 2.70. The van der Waals surface area contributed by atoms with Crippen LogP contribution in [0.3, 0.4) is 0 Å². The van der Waals surface area contributed by atoms with Gasteiger partial charge in [-0.3, -0.25) is 0 Å². The molecule has 0 fully saturated rings. The van der Waals surface area contributed by atoms with Gasteiger partial charge in [-0.25, -0.2) is 4.79 Å². The van der Waals surface area contributed by atoms with Crippen LogP contribution in [0.1, 0.15) is 11.1 Å². The smallest absolute Gasteiger partial charge is 0.338 e. The molecular weight excluding hydrogens is 336 g/mol. The van der Waals surface area contributed by atoms with E-state index in [1.54, 1.807) is 51.7 Å². The number of carbonyl (C=O) groups is 1. The summed E-state index contributed by atoms with van der Waals surface area (Å²) in [7, 11) is 7.52. The largest absolute Gasteiger partial charge is 0.493 e. The maximum Gasteiger partial charge on any atom is 0.338 e. The molecule has 0 unspecified atom stereocenters. The van der Waals surface area contributed by atoms with Crippen LogP contribution in [0, 0.1) is 0 Å². The van der Waals surface area contributed by atoms with Crippen molar-refractivity contribution in [1.82, 2.24) is 0 Å². The zero-order valence-corrected chi connectivity index (χ0v) is 15.5. The van der Waals surface area contributed by atoms with Crippen molar-refractivity contribution in [3.63, 3.8) is 0 Å². The van der Waals surface area contributed by atoms with E-state index >= 15 is 0 Å². The van der Waals surface area contributed by atoms with E-state index in [4.69, 9.17) is 23.7 Å². The van der Waals surface area contributed by atoms with Crippen molar-refractivity contribution in [2.75, 3.05) is 35.5 Å². The van der Waals surface area contributed by atoms with E-state index in [0.717, 1.165) is 0 Å². The molecule has 6 nitrogen and oxygen atoms in total. The lowest BCUT2D eigenvalue weighted by molar-refractivity contribution is -0.133. The second-order valence-corrected chi connectivity index (χ2v) is 5.20. The number of hydrogen-bond acceptors (Lipinski definition) is 6. The molecule has 0 aliphatic heterocycles. The van der Waals surface area contributed by atoms with Gasteiger partial charge in [0.1, 0.15) is 0 Å². The first-order chi connectivity index (χ1) is 12.6. The van der Waals surface area contributed by atoms with Gasteiger partial charge in [0.2, 0.25) is 0 Å². The van der Waals surface area contributed by atoms with E-state index in [1.807, 2.05) is 12.1 Å². The van der Waals surface area contributed by atoms with Crippen LogP contribution in [0.5, 0.6) is 23.0 Å². The Hall–Kier alpha value is -3.15. The molecule has 0 spiro atoms. The molecule has 138 valence electrons. The quantitative estimate of drug-likeness (QED) is 0.429. The maximum atomic E-state index is 12.4. The SMILES string of the molecule is COC(=O)/C(=C/c1cccc(OC)c1OC)c1ccc(OC)c(OC)c1. The first kappa shape index (κ1) is 19.2. The maximum absolute atomic E-state index is 12.4. The Kier molecular flexibility index (Phi) is 6.49. The minimum Gasteiger partial charge on any atom is -0.493 e. The standard InChI is InChI=1S/C20H22O6/c1-22-16-10-9-13(12-18(16)24-3)15(20(21)26-5)11-14-7-6-8-17(23-2)19(14)25-4/h6-12H,1-5H3/b15-11+. The van der Waals surface area contributed by atoms with Crippen LogP contribution in [0.25, 0.3) is 11.6 Å². The molecule has 0 heterocycles.